The summed E-state index contributed by atoms with van der Waals surface area (Å²) in [7, 11) is 0. The summed E-state index contributed by atoms with van der Waals surface area (Å²) in [6, 6.07) is 0.798. The lowest BCUT2D eigenvalue weighted by Gasteiger charge is -2.40. The van der Waals surface area contributed by atoms with Gasteiger partial charge in [-0.1, -0.05) is 18.6 Å². The molecular weight excluding hydrogens is 238 g/mol. The first-order valence-electron chi connectivity index (χ1n) is 6.24. The van der Waals surface area contributed by atoms with Gasteiger partial charge in [0.25, 0.3) is 0 Å². The number of likely N-dealkylation sites (tertiary alicyclic amines) is 1. The van der Waals surface area contributed by atoms with Crippen molar-refractivity contribution in [2.45, 2.75) is 38.1 Å². The highest BCUT2D eigenvalue weighted by atomic mass is 32.1. The highest BCUT2D eigenvalue weighted by Crippen LogP contribution is 2.19. The molecule has 2 saturated heterocycles. The van der Waals surface area contributed by atoms with Gasteiger partial charge in [0.2, 0.25) is 0 Å². The van der Waals surface area contributed by atoms with Gasteiger partial charge in [0, 0.05) is 19.1 Å². The Kier molecular flexibility index (Phi) is 4.88. The molecule has 92 valence electrons. The first-order chi connectivity index (χ1) is 7.75. The number of hydrogen-bond donors (Lipinski definition) is 2. The van der Waals surface area contributed by atoms with Crippen LogP contribution in [0.1, 0.15) is 32.1 Å². The fourth-order valence-electron chi connectivity index (χ4n) is 2.76. The number of thiocarbonyl (C=S) groups is 1. The molecule has 2 aliphatic rings. The summed E-state index contributed by atoms with van der Waals surface area (Å²) < 4.78 is 0.580. The number of hydrogen-bond acceptors (Lipinski definition) is 3. The van der Waals surface area contributed by atoms with E-state index in [0.29, 0.717) is 4.32 Å². The molecule has 0 atom stereocenters. The van der Waals surface area contributed by atoms with Gasteiger partial charge in [-0.25, -0.2) is 5.01 Å². The van der Waals surface area contributed by atoms with Crippen LogP contribution in [0.2, 0.25) is 0 Å². The lowest BCUT2D eigenvalue weighted by molar-refractivity contribution is 0.0822. The van der Waals surface area contributed by atoms with Crippen LogP contribution in [0.4, 0.5) is 0 Å². The predicted octanol–water partition coefficient (Wildman–Crippen LogP) is 1.66. The minimum absolute atomic E-state index is 0.580. The predicted molar refractivity (Wildman–Crippen MR) is 74.7 cm³/mol. The highest BCUT2D eigenvalue weighted by molar-refractivity contribution is 8.11. The third kappa shape index (κ3) is 3.58. The normalized spacial score (nSPS) is 25.6. The highest BCUT2D eigenvalue weighted by Gasteiger charge is 2.25. The molecule has 5 heteroatoms. The van der Waals surface area contributed by atoms with Gasteiger partial charge in [-0.05, 0) is 38.8 Å². The standard InChI is InChI=1S/C11H21N3S2/c15-11(16)12-14-8-4-10(5-9-14)13-6-2-1-3-7-13/h10H,1-9H2,(H2,12,15,16). The Labute approximate surface area is 109 Å². The van der Waals surface area contributed by atoms with Crippen LogP contribution in [0.3, 0.4) is 0 Å². The molecule has 0 aromatic heterocycles. The van der Waals surface area contributed by atoms with Crippen LogP contribution in [-0.4, -0.2) is 46.5 Å². The first kappa shape index (κ1) is 12.6. The number of rotatable bonds is 2. The van der Waals surface area contributed by atoms with E-state index >= 15 is 0 Å². The maximum Gasteiger partial charge on any atom is 0.145 e. The van der Waals surface area contributed by atoms with Gasteiger partial charge in [0.1, 0.15) is 4.32 Å². The monoisotopic (exact) mass is 259 g/mol. The zero-order valence-electron chi connectivity index (χ0n) is 9.69. The topological polar surface area (TPSA) is 18.5 Å². The number of hydrazine groups is 1. The minimum Gasteiger partial charge on any atom is -0.304 e. The molecule has 0 bridgehead atoms. The van der Waals surface area contributed by atoms with E-state index in [2.05, 4.69) is 28.0 Å². The van der Waals surface area contributed by atoms with Crippen molar-refractivity contribution < 1.29 is 0 Å². The number of thiol groups is 1. The molecule has 16 heavy (non-hydrogen) atoms. The van der Waals surface area contributed by atoms with Gasteiger partial charge in [0.05, 0.1) is 0 Å². The lowest BCUT2D eigenvalue weighted by atomic mass is 10.0. The third-order valence-electron chi connectivity index (χ3n) is 3.63. The number of piperidine rings is 2. The molecule has 3 nitrogen and oxygen atoms in total. The van der Waals surface area contributed by atoms with Crippen molar-refractivity contribution in [2.75, 3.05) is 26.2 Å². The Hall–Kier alpha value is 0.160. The van der Waals surface area contributed by atoms with Crippen molar-refractivity contribution in [1.29, 1.82) is 0 Å². The molecule has 0 saturated carbocycles. The van der Waals surface area contributed by atoms with Gasteiger partial charge in [0.15, 0.2) is 0 Å². The van der Waals surface area contributed by atoms with E-state index in [-0.39, 0.29) is 0 Å². The van der Waals surface area contributed by atoms with Crippen LogP contribution < -0.4 is 5.43 Å². The average molecular weight is 259 g/mol. The van der Waals surface area contributed by atoms with E-state index in [4.69, 9.17) is 12.2 Å². The maximum atomic E-state index is 4.93. The smallest absolute Gasteiger partial charge is 0.145 e. The molecule has 1 N–H and O–H groups in total. The van der Waals surface area contributed by atoms with Crippen LogP contribution in [0, 0.1) is 0 Å². The zero-order valence-corrected chi connectivity index (χ0v) is 11.4. The van der Waals surface area contributed by atoms with Gasteiger partial charge >= 0.3 is 0 Å². The second-order valence-corrected chi connectivity index (χ2v) is 5.89. The molecule has 0 spiro atoms. The van der Waals surface area contributed by atoms with E-state index < -0.39 is 0 Å². The van der Waals surface area contributed by atoms with Gasteiger partial charge < -0.3 is 10.3 Å². The van der Waals surface area contributed by atoms with Crippen LogP contribution >= 0.6 is 24.8 Å². The van der Waals surface area contributed by atoms with Crippen LogP contribution in [-0.2, 0) is 0 Å². The van der Waals surface area contributed by atoms with E-state index in [1.807, 2.05) is 0 Å². The fraction of sp³-hybridized carbons (Fsp3) is 0.909. The second kappa shape index (κ2) is 6.19. The summed E-state index contributed by atoms with van der Waals surface area (Å²) in [4.78, 5) is 2.68. The second-order valence-electron chi connectivity index (χ2n) is 4.73. The summed E-state index contributed by atoms with van der Waals surface area (Å²) in [5, 5.41) is 2.19. The summed E-state index contributed by atoms with van der Waals surface area (Å²) in [6.07, 6.45) is 6.70. The van der Waals surface area contributed by atoms with Crippen molar-refractivity contribution in [3.63, 3.8) is 0 Å². The quantitative estimate of drug-likeness (QED) is 0.580. The Morgan fingerprint density at radius 3 is 2.25 bits per heavy atom. The van der Waals surface area contributed by atoms with Crippen LogP contribution in [0.15, 0.2) is 0 Å². The SMILES string of the molecule is S=C(S)NN1CCC(N2CCCCC2)CC1. The first-order valence-corrected chi connectivity index (χ1v) is 7.10. The van der Waals surface area contributed by atoms with Crippen molar-refractivity contribution in [2.24, 2.45) is 0 Å². The van der Waals surface area contributed by atoms with Crippen LogP contribution in [0.5, 0.6) is 0 Å². The molecule has 0 radical (unpaired) electrons. The Balaban J connectivity index is 1.73. The molecule has 0 amide bonds. The van der Waals surface area contributed by atoms with E-state index in [0.717, 1.165) is 19.1 Å². The Bertz CT molecular complexity index is 233. The maximum absolute atomic E-state index is 4.93. The molecular formula is C11H21N3S2. The zero-order chi connectivity index (χ0) is 11.4. The number of nitrogens with zero attached hydrogens (tertiary/aromatic N) is 2. The molecule has 0 unspecified atom stereocenters. The summed E-state index contributed by atoms with van der Waals surface area (Å²) in [5.74, 6) is 0. The van der Waals surface area contributed by atoms with Crippen molar-refractivity contribution in [3.05, 3.63) is 0 Å². The Morgan fingerprint density at radius 2 is 1.69 bits per heavy atom. The van der Waals surface area contributed by atoms with E-state index in [9.17, 15) is 0 Å². The molecule has 2 heterocycles. The lowest BCUT2D eigenvalue weighted by Crippen LogP contribution is -2.51. The van der Waals surface area contributed by atoms with Gasteiger partial charge in [-0.3, -0.25) is 0 Å². The summed E-state index contributed by atoms with van der Waals surface area (Å²) >= 11 is 9.03. The molecule has 2 aliphatic heterocycles. The van der Waals surface area contributed by atoms with E-state index in [1.54, 1.807) is 0 Å². The molecule has 2 fully saturated rings. The minimum atomic E-state index is 0.580. The van der Waals surface area contributed by atoms with Crippen molar-refractivity contribution in [3.8, 4) is 0 Å². The molecule has 2 rings (SSSR count). The molecule has 0 aromatic carbocycles. The van der Waals surface area contributed by atoms with Gasteiger partial charge in [-0.2, -0.15) is 0 Å². The van der Waals surface area contributed by atoms with Crippen molar-refractivity contribution >= 4 is 29.2 Å². The van der Waals surface area contributed by atoms with Crippen molar-refractivity contribution in [1.82, 2.24) is 15.3 Å². The largest absolute Gasteiger partial charge is 0.304 e. The number of nitrogens with one attached hydrogen (secondary N) is 1. The van der Waals surface area contributed by atoms with E-state index in [1.165, 1.54) is 45.2 Å². The average Bonchev–Trinajstić information content (AvgIpc) is 2.30. The Morgan fingerprint density at radius 1 is 1.06 bits per heavy atom. The molecule has 0 aliphatic carbocycles. The third-order valence-corrected chi connectivity index (χ3v) is 3.82. The van der Waals surface area contributed by atoms with Gasteiger partial charge in [-0.15, -0.1) is 12.6 Å². The summed E-state index contributed by atoms with van der Waals surface area (Å²) in [6.45, 7) is 4.79. The fourth-order valence-corrected chi connectivity index (χ4v) is 3.03. The molecule has 0 aromatic rings. The van der Waals surface area contributed by atoms with Crippen LogP contribution in [0.25, 0.3) is 0 Å². The summed E-state index contributed by atoms with van der Waals surface area (Å²) in [5.41, 5.74) is 3.12.